The fourth-order valence-electron chi connectivity index (χ4n) is 3.33. The standard InChI is InChI=1S/C16H24N4O2.ClHO/c1-22-14-7-8-17-16(18-14)20-11-9-19(10-12-20)15(21)13-5-3-2-4-6-13;1-2/h7-8,13H,2-6,9-12H2,1H3;2H. The van der Waals surface area contributed by atoms with Gasteiger partial charge in [-0.05, 0) is 12.8 Å². The van der Waals surface area contributed by atoms with Gasteiger partial charge >= 0.3 is 0 Å². The summed E-state index contributed by atoms with van der Waals surface area (Å²) in [5, 5.41) is 0. The number of nitrogens with zero attached hydrogens (tertiary/aromatic N) is 4. The second-order valence-corrected chi connectivity index (χ2v) is 6.05. The first-order chi connectivity index (χ1) is 11.8. The maximum Gasteiger partial charge on any atom is 0.228 e. The second-order valence-electron chi connectivity index (χ2n) is 6.05. The van der Waals surface area contributed by atoms with Crippen LogP contribution in [0.25, 0.3) is 0 Å². The Balaban J connectivity index is 0.00000100. The number of ether oxygens (including phenoxy) is 1. The van der Waals surface area contributed by atoms with Gasteiger partial charge in [-0.15, -0.1) is 0 Å². The van der Waals surface area contributed by atoms with E-state index in [0.717, 1.165) is 39.0 Å². The lowest BCUT2D eigenvalue weighted by Crippen LogP contribution is -2.51. The lowest BCUT2D eigenvalue weighted by molar-refractivity contribution is -0.136. The van der Waals surface area contributed by atoms with Crippen molar-refractivity contribution >= 4 is 23.7 Å². The Bertz CT molecular complexity index is 518. The van der Waals surface area contributed by atoms with Crippen LogP contribution in [0.3, 0.4) is 0 Å². The summed E-state index contributed by atoms with van der Waals surface area (Å²) in [4.78, 5) is 25.4. The predicted molar refractivity (Wildman–Crippen MR) is 92.0 cm³/mol. The van der Waals surface area contributed by atoms with Crippen molar-refractivity contribution in [2.75, 3.05) is 38.2 Å². The number of anilines is 1. The molecule has 8 heteroatoms. The van der Waals surface area contributed by atoms with Crippen LogP contribution in [0.15, 0.2) is 12.3 Å². The van der Waals surface area contributed by atoms with Gasteiger partial charge in [0.1, 0.15) is 0 Å². The maximum atomic E-state index is 12.6. The summed E-state index contributed by atoms with van der Waals surface area (Å²) < 4.78 is 11.6. The van der Waals surface area contributed by atoms with Crippen LogP contribution in [0, 0.1) is 5.92 Å². The molecule has 1 aliphatic heterocycles. The maximum absolute atomic E-state index is 12.6. The van der Waals surface area contributed by atoms with E-state index in [1.807, 2.05) is 4.90 Å². The number of methoxy groups -OCH3 is 1. The van der Waals surface area contributed by atoms with E-state index in [9.17, 15) is 4.79 Å². The molecule has 2 heterocycles. The molecule has 7 nitrogen and oxygen atoms in total. The van der Waals surface area contributed by atoms with Crippen molar-refractivity contribution in [3.05, 3.63) is 12.3 Å². The lowest BCUT2D eigenvalue weighted by atomic mass is 9.88. The normalized spacial score (nSPS) is 18.6. The third-order valence-corrected chi connectivity index (χ3v) is 4.66. The summed E-state index contributed by atoms with van der Waals surface area (Å²) in [6.07, 6.45) is 7.53. The molecular formula is C16H25ClN4O3. The molecule has 0 unspecified atom stereocenters. The molecule has 134 valence electrons. The molecule has 1 aromatic heterocycles. The molecule has 0 radical (unpaired) electrons. The fraction of sp³-hybridized carbons (Fsp3) is 0.688. The number of aromatic nitrogens is 2. The molecule has 0 aromatic carbocycles. The first-order valence-corrected chi connectivity index (χ1v) is 8.69. The SMILES string of the molecule is COc1ccnc(N2CCN(C(=O)C3CCCCC3)CC2)n1.OCl. The molecule has 1 N–H and O–H groups in total. The summed E-state index contributed by atoms with van der Waals surface area (Å²) in [6, 6.07) is 1.74. The smallest absolute Gasteiger partial charge is 0.228 e. The number of rotatable bonds is 3. The van der Waals surface area contributed by atoms with Crippen LogP contribution in [0.2, 0.25) is 0 Å². The summed E-state index contributed by atoms with van der Waals surface area (Å²) in [5.74, 6) is 1.87. The van der Waals surface area contributed by atoms with E-state index in [1.165, 1.54) is 19.3 Å². The first kappa shape index (κ1) is 18.7. The Morgan fingerprint density at radius 2 is 1.88 bits per heavy atom. The molecule has 24 heavy (non-hydrogen) atoms. The van der Waals surface area contributed by atoms with Crippen LogP contribution >= 0.6 is 11.9 Å². The Kier molecular flexibility index (Phi) is 7.52. The third kappa shape index (κ3) is 4.70. The van der Waals surface area contributed by atoms with E-state index >= 15 is 0 Å². The molecule has 1 aromatic rings. The third-order valence-electron chi connectivity index (χ3n) is 4.66. The molecule has 2 aliphatic rings. The van der Waals surface area contributed by atoms with Crippen molar-refractivity contribution in [2.45, 2.75) is 32.1 Å². The van der Waals surface area contributed by atoms with Crippen LogP contribution in [0.1, 0.15) is 32.1 Å². The number of carbonyl (C=O) groups excluding carboxylic acids is 1. The van der Waals surface area contributed by atoms with E-state index in [-0.39, 0.29) is 5.92 Å². The van der Waals surface area contributed by atoms with Gasteiger partial charge in [-0.1, -0.05) is 19.3 Å². The second kappa shape index (κ2) is 9.64. The van der Waals surface area contributed by atoms with Crippen molar-refractivity contribution in [3.63, 3.8) is 0 Å². The molecule has 3 rings (SSSR count). The van der Waals surface area contributed by atoms with Gasteiger partial charge in [-0.2, -0.15) is 4.98 Å². The highest BCUT2D eigenvalue weighted by Crippen LogP contribution is 2.26. The highest BCUT2D eigenvalue weighted by atomic mass is 35.5. The average molecular weight is 357 g/mol. The predicted octanol–water partition coefficient (Wildman–Crippen LogP) is 1.85. The molecule has 0 spiro atoms. The topological polar surface area (TPSA) is 78.8 Å². The zero-order chi connectivity index (χ0) is 17.4. The summed E-state index contributed by atoms with van der Waals surface area (Å²) >= 11 is 3.64. The number of hydrogen-bond donors (Lipinski definition) is 1. The van der Waals surface area contributed by atoms with Gasteiger partial charge in [0.05, 0.1) is 19.0 Å². The van der Waals surface area contributed by atoms with Gasteiger partial charge in [0, 0.05) is 44.4 Å². The van der Waals surface area contributed by atoms with Crippen LogP contribution in [0.5, 0.6) is 5.88 Å². The van der Waals surface area contributed by atoms with E-state index in [0.29, 0.717) is 17.7 Å². The largest absolute Gasteiger partial charge is 0.481 e. The summed E-state index contributed by atoms with van der Waals surface area (Å²) in [7, 11) is 1.60. The van der Waals surface area contributed by atoms with Gasteiger partial charge in [-0.25, -0.2) is 4.98 Å². The van der Waals surface area contributed by atoms with E-state index in [1.54, 1.807) is 19.4 Å². The van der Waals surface area contributed by atoms with Crippen molar-refractivity contribution in [1.82, 2.24) is 14.9 Å². The van der Waals surface area contributed by atoms with Crippen molar-refractivity contribution < 1.29 is 14.2 Å². The number of halogens is 1. The van der Waals surface area contributed by atoms with E-state index in [2.05, 4.69) is 26.7 Å². The van der Waals surface area contributed by atoms with E-state index in [4.69, 9.17) is 9.40 Å². The molecule has 1 aliphatic carbocycles. The Morgan fingerprint density at radius 3 is 2.50 bits per heavy atom. The van der Waals surface area contributed by atoms with Crippen LogP contribution in [-0.2, 0) is 4.79 Å². The summed E-state index contributed by atoms with van der Waals surface area (Å²) in [6.45, 7) is 3.09. The Labute approximate surface area is 147 Å². The molecule has 0 atom stereocenters. The molecule has 1 saturated carbocycles. The summed E-state index contributed by atoms with van der Waals surface area (Å²) in [5.41, 5.74) is 0. The molecule has 1 saturated heterocycles. The number of amides is 1. The van der Waals surface area contributed by atoms with Crippen molar-refractivity contribution in [2.24, 2.45) is 5.92 Å². The zero-order valence-corrected chi connectivity index (χ0v) is 14.8. The van der Waals surface area contributed by atoms with Crippen LogP contribution in [-0.4, -0.2) is 58.7 Å². The van der Waals surface area contributed by atoms with Gasteiger partial charge < -0.3 is 14.5 Å². The highest BCUT2D eigenvalue weighted by Gasteiger charge is 2.29. The minimum atomic E-state index is 0.258. The van der Waals surface area contributed by atoms with Gasteiger partial charge in [0.15, 0.2) is 0 Å². The first-order valence-electron chi connectivity index (χ1n) is 8.35. The number of hydrogen-bond acceptors (Lipinski definition) is 6. The number of piperazine rings is 1. The van der Waals surface area contributed by atoms with Crippen LogP contribution in [0.4, 0.5) is 5.95 Å². The quantitative estimate of drug-likeness (QED) is 0.890. The molecule has 2 fully saturated rings. The number of carbonyl (C=O) groups is 1. The molecule has 1 amide bonds. The zero-order valence-electron chi connectivity index (χ0n) is 14.0. The lowest BCUT2D eigenvalue weighted by Gasteiger charge is -2.37. The van der Waals surface area contributed by atoms with E-state index < -0.39 is 0 Å². The van der Waals surface area contributed by atoms with Crippen molar-refractivity contribution in [1.29, 1.82) is 0 Å². The van der Waals surface area contributed by atoms with Gasteiger partial charge in [-0.3, -0.25) is 9.45 Å². The highest BCUT2D eigenvalue weighted by molar-refractivity contribution is 6.04. The Morgan fingerprint density at radius 1 is 1.21 bits per heavy atom. The molecule has 0 bridgehead atoms. The van der Waals surface area contributed by atoms with Gasteiger partial charge in [0.25, 0.3) is 0 Å². The Hall–Kier alpha value is -1.60. The minimum Gasteiger partial charge on any atom is -0.481 e. The monoisotopic (exact) mass is 356 g/mol. The van der Waals surface area contributed by atoms with Crippen LogP contribution < -0.4 is 9.64 Å². The molecular weight excluding hydrogens is 332 g/mol. The minimum absolute atomic E-state index is 0.258. The van der Waals surface area contributed by atoms with Gasteiger partial charge in [0.2, 0.25) is 17.7 Å². The average Bonchev–Trinajstić information content (AvgIpc) is 2.70. The van der Waals surface area contributed by atoms with Crippen molar-refractivity contribution in [3.8, 4) is 5.88 Å². The fourth-order valence-corrected chi connectivity index (χ4v) is 3.33.